The molecular weight excluding hydrogens is 404 g/mol. The van der Waals surface area contributed by atoms with Crippen LogP contribution < -0.4 is 10.6 Å². The number of rotatable bonds is 3. The zero-order valence-electron chi connectivity index (χ0n) is 17.3. The molecule has 0 fully saturated rings. The molecule has 1 unspecified atom stereocenters. The van der Waals surface area contributed by atoms with E-state index in [0.717, 1.165) is 5.56 Å². The molecule has 1 aliphatic rings. The fourth-order valence-electron chi connectivity index (χ4n) is 3.54. The Bertz CT molecular complexity index is 1270. The number of anilines is 2. The molecule has 32 heavy (non-hydrogen) atoms. The third-order valence-corrected chi connectivity index (χ3v) is 5.08. The highest BCUT2D eigenvalue weighted by Crippen LogP contribution is 2.32. The summed E-state index contributed by atoms with van der Waals surface area (Å²) in [5.41, 5.74) is 3.86. The normalized spacial score (nSPS) is 14.3. The van der Waals surface area contributed by atoms with Gasteiger partial charge in [0.2, 0.25) is 11.8 Å². The molecule has 0 saturated carbocycles. The second-order valence-electron chi connectivity index (χ2n) is 7.28. The van der Waals surface area contributed by atoms with Crippen molar-refractivity contribution in [1.82, 2.24) is 0 Å². The maximum absolute atomic E-state index is 12.9. The van der Waals surface area contributed by atoms with Gasteiger partial charge in [-0.2, -0.15) is 0 Å². The smallest absolute Gasteiger partial charge is 0.337 e. The van der Waals surface area contributed by atoms with Crippen LogP contribution in [-0.4, -0.2) is 24.9 Å². The standard InChI is InChI=1S/C26H20N2O4/c1-32-26(31)19-8-4-6-17(14-19)12-13-18-7-5-9-20(15-18)27-25(30)22-16-24(29)28-23-11-3-2-10-21(22)23/h2-11,14-15,22H,16H2,1H3,(H,27,30)(H,28,29). The third kappa shape index (κ3) is 4.68. The lowest BCUT2D eigenvalue weighted by atomic mass is 9.90. The Morgan fingerprint density at radius 2 is 1.69 bits per heavy atom. The monoisotopic (exact) mass is 424 g/mol. The van der Waals surface area contributed by atoms with Crippen LogP contribution in [0.1, 0.15) is 39.4 Å². The second-order valence-corrected chi connectivity index (χ2v) is 7.28. The second kappa shape index (κ2) is 9.19. The summed E-state index contributed by atoms with van der Waals surface area (Å²) in [7, 11) is 1.33. The number of nitrogens with one attached hydrogen (secondary N) is 2. The Labute approximate surface area is 185 Å². The van der Waals surface area contributed by atoms with Crippen molar-refractivity contribution in [1.29, 1.82) is 0 Å². The van der Waals surface area contributed by atoms with Crippen LogP contribution in [0, 0.1) is 11.8 Å². The number of benzene rings is 3. The van der Waals surface area contributed by atoms with Crippen LogP contribution in [0.5, 0.6) is 0 Å². The van der Waals surface area contributed by atoms with Gasteiger partial charge in [0.05, 0.1) is 18.6 Å². The number of esters is 1. The molecule has 2 N–H and O–H groups in total. The molecule has 3 aromatic carbocycles. The molecule has 4 rings (SSSR count). The Hall–Kier alpha value is -4.37. The minimum atomic E-state index is -0.559. The Morgan fingerprint density at radius 1 is 0.969 bits per heavy atom. The maximum atomic E-state index is 12.9. The molecule has 2 amide bonds. The van der Waals surface area contributed by atoms with Gasteiger partial charge in [0.1, 0.15) is 0 Å². The summed E-state index contributed by atoms with van der Waals surface area (Å²) in [6.45, 7) is 0. The van der Waals surface area contributed by atoms with E-state index >= 15 is 0 Å². The van der Waals surface area contributed by atoms with E-state index in [9.17, 15) is 14.4 Å². The molecule has 0 saturated heterocycles. The van der Waals surface area contributed by atoms with Gasteiger partial charge >= 0.3 is 5.97 Å². The highest BCUT2D eigenvalue weighted by Gasteiger charge is 2.30. The first kappa shape index (κ1) is 20.9. The van der Waals surface area contributed by atoms with E-state index in [4.69, 9.17) is 4.74 Å². The molecule has 1 heterocycles. The SMILES string of the molecule is COC(=O)c1cccc(C#Cc2cccc(NC(=O)C3CC(=O)Nc4ccccc43)c2)c1. The molecule has 3 aromatic rings. The number of methoxy groups -OCH3 is 1. The van der Waals surface area contributed by atoms with Crippen LogP contribution in [0.2, 0.25) is 0 Å². The molecule has 6 heteroatoms. The van der Waals surface area contributed by atoms with Gasteiger partial charge in [0.25, 0.3) is 0 Å². The zero-order valence-corrected chi connectivity index (χ0v) is 17.3. The fourth-order valence-corrected chi connectivity index (χ4v) is 3.54. The van der Waals surface area contributed by atoms with Crippen LogP contribution in [0.15, 0.2) is 72.8 Å². The zero-order chi connectivity index (χ0) is 22.5. The predicted octanol–water partition coefficient (Wildman–Crippen LogP) is 3.94. The molecule has 6 nitrogen and oxygen atoms in total. The number of carbonyl (C=O) groups is 3. The van der Waals surface area contributed by atoms with Crippen LogP contribution in [0.25, 0.3) is 0 Å². The van der Waals surface area contributed by atoms with Gasteiger partial charge in [-0.25, -0.2) is 4.79 Å². The third-order valence-electron chi connectivity index (χ3n) is 5.08. The van der Waals surface area contributed by atoms with E-state index in [-0.39, 0.29) is 18.2 Å². The molecule has 158 valence electrons. The Balaban J connectivity index is 1.51. The average Bonchev–Trinajstić information content (AvgIpc) is 2.82. The van der Waals surface area contributed by atoms with Gasteiger partial charge in [-0.05, 0) is 48.0 Å². The molecular formula is C26H20N2O4. The van der Waals surface area contributed by atoms with E-state index in [1.54, 1.807) is 48.5 Å². The largest absolute Gasteiger partial charge is 0.465 e. The first-order valence-electron chi connectivity index (χ1n) is 10.0. The van der Waals surface area contributed by atoms with Crippen LogP contribution in [-0.2, 0) is 14.3 Å². The number of para-hydroxylation sites is 1. The summed E-state index contributed by atoms with van der Waals surface area (Å²) in [6, 6.07) is 21.3. The van der Waals surface area contributed by atoms with Gasteiger partial charge in [0.15, 0.2) is 0 Å². The molecule has 1 aliphatic heterocycles. The molecule has 1 atom stereocenters. The number of fused-ring (bicyclic) bond motifs is 1. The van der Waals surface area contributed by atoms with Crippen LogP contribution in [0.4, 0.5) is 11.4 Å². The Morgan fingerprint density at radius 3 is 2.47 bits per heavy atom. The van der Waals surface area contributed by atoms with Gasteiger partial charge < -0.3 is 15.4 Å². The lowest BCUT2D eigenvalue weighted by Crippen LogP contribution is -2.30. The number of carbonyl (C=O) groups excluding carboxylic acids is 3. The summed E-state index contributed by atoms with van der Waals surface area (Å²) in [6.07, 6.45) is 0.0961. The first-order valence-corrected chi connectivity index (χ1v) is 10.0. The summed E-state index contributed by atoms with van der Waals surface area (Å²) in [4.78, 5) is 36.6. The van der Waals surface area contributed by atoms with Crippen LogP contribution in [0.3, 0.4) is 0 Å². The molecule has 0 aromatic heterocycles. The van der Waals surface area contributed by atoms with E-state index in [1.807, 2.05) is 24.3 Å². The lowest BCUT2D eigenvalue weighted by Gasteiger charge is -2.24. The van der Waals surface area contributed by atoms with Gasteiger partial charge in [-0.1, -0.05) is 42.2 Å². The fraction of sp³-hybridized carbons (Fsp3) is 0.115. The van der Waals surface area contributed by atoms with Crippen molar-refractivity contribution in [3.05, 3.63) is 95.1 Å². The van der Waals surface area contributed by atoms with Gasteiger partial charge in [0, 0.05) is 28.9 Å². The molecule has 0 spiro atoms. The van der Waals surface area contributed by atoms with Crippen molar-refractivity contribution in [2.24, 2.45) is 0 Å². The quantitative estimate of drug-likeness (QED) is 0.493. The predicted molar refractivity (Wildman–Crippen MR) is 121 cm³/mol. The number of amides is 2. The average molecular weight is 424 g/mol. The molecule has 0 aliphatic carbocycles. The van der Waals surface area contributed by atoms with Crippen molar-refractivity contribution in [3.8, 4) is 11.8 Å². The van der Waals surface area contributed by atoms with Crippen molar-refractivity contribution < 1.29 is 19.1 Å². The minimum Gasteiger partial charge on any atom is -0.465 e. The van der Waals surface area contributed by atoms with Gasteiger partial charge in [-0.15, -0.1) is 0 Å². The summed E-state index contributed by atoms with van der Waals surface area (Å²) in [5, 5.41) is 5.69. The highest BCUT2D eigenvalue weighted by molar-refractivity contribution is 6.05. The summed E-state index contributed by atoms with van der Waals surface area (Å²) in [5.74, 6) is 4.65. The van der Waals surface area contributed by atoms with Crippen molar-refractivity contribution in [2.75, 3.05) is 17.7 Å². The summed E-state index contributed by atoms with van der Waals surface area (Å²) < 4.78 is 4.73. The maximum Gasteiger partial charge on any atom is 0.337 e. The van der Waals surface area contributed by atoms with E-state index < -0.39 is 11.9 Å². The topological polar surface area (TPSA) is 84.5 Å². The van der Waals surface area contributed by atoms with Crippen molar-refractivity contribution in [2.45, 2.75) is 12.3 Å². The van der Waals surface area contributed by atoms with Crippen molar-refractivity contribution in [3.63, 3.8) is 0 Å². The number of hydrogen-bond acceptors (Lipinski definition) is 4. The van der Waals surface area contributed by atoms with Crippen molar-refractivity contribution >= 4 is 29.2 Å². The lowest BCUT2D eigenvalue weighted by molar-refractivity contribution is -0.123. The number of ether oxygens (including phenoxy) is 1. The summed E-state index contributed by atoms with van der Waals surface area (Å²) >= 11 is 0. The highest BCUT2D eigenvalue weighted by atomic mass is 16.5. The molecule has 0 bridgehead atoms. The minimum absolute atomic E-state index is 0.0961. The van der Waals surface area contributed by atoms with Crippen LogP contribution >= 0.6 is 0 Å². The number of hydrogen-bond donors (Lipinski definition) is 2. The van der Waals surface area contributed by atoms with E-state index in [1.165, 1.54) is 7.11 Å². The Kier molecular flexibility index (Phi) is 6.00. The van der Waals surface area contributed by atoms with Gasteiger partial charge in [-0.3, -0.25) is 9.59 Å². The first-order chi connectivity index (χ1) is 15.5. The van der Waals surface area contributed by atoms with E-state index in [2.05, 4.69) is 22.5 Å². The molecule has 0 radical (unpaired) electrons. The van der Waals surface area contributed by atoms with E-state index in [0.29, 0.717) is 28.1 Å².